The summed E-state index contributed by atoms with van der Waals surface area (Å²) in [4.78, 5) is 1.89. The Balaban J connectivity index is 1.18. The number of fused-ring (bicyclic) bond motifs is 1. The third-order valence-corrected chi connectivity index (χ3v) is 9.03. The van der Waals surface area contributed by atoms with E-state index in [2.05, 4.69) is 25.3 Å². The zero-order valence-electron chi connectivity index (χ0n) is 24.7. The zero-order chi connectivity index (χ0) is 32.0. The van der Waals surface area contributed by atoms with Gasteiger partial charge >= 0.3 is 0 Å². The molecule has 45 heavy (non-hydrogen) atoms. The normalized spacial score (nSPS) is 24.9. The number of methoxy groups -OCH3 is 1. The van der Waals surface area contributed by atoms with Crippen LogP contribution < -0.4 is 10.0 Å². The van der Waals surface area contributed by atoms with E-state index in [1.807, 2.05) is 30.3 Å². The largest absolute Gasteiger partial charge is 0.388 e. The summed E-state index contributed by atoms with van der Waals surface area (Å²) in [5, 5.41) is 53.1. The molecule has 2 aromatic carbocycles. The summed E-state index contributed by atoms with van der Waals surface area (Å²) in [6.45, 7) is 4.82. The first-order chi connectivity index (χ1) is 21.7. The van der Waals surface area contributed by atoms with Crippen LogP contribution in [0.3, 0.4) is 0 Å². The van der Waals surface area contributed by atoms with Crippen molar-refractivity contribution in [2.45, 2.75) is 43.8 Å². The van der Waals surface area contributed by atoms with Crippen molar-refractivity contribution in [1.29, 1.82) is 5.26 Å². The second-order valence-corrected chi connectivity index (χ2v) is 12.6. The van der Waals surface area contributed by atoms with Crippen molar-refractivity contribution in [3.8, 4) is 6.07 Å². The van der Waals surface area contributed by atoms with E-state index >= 15 is 0 Å². The van der Waals surface area contributed by atoms with Crippen LogP contribution in [0.2, 0.25) is 0 Å². The van der Waals surface area contributed by atoms with Gasteiger partial charge in [0.15, 0.2) is 11.2 Å². The molecule has 0 radical (unpaired) electrons. The molecule has 242 valence electrons. The number of hydrogen-bond donors (Lipinski definition) is 5. The number of aliphatic hydroxyl groups excluding tert-OH is 3. The standard InChI is InChI=1S/C29H37N7O8S/c1-42-29-28(39)27(38)26(37)25(44-29)18-36-17-23(33-34-36)16-32-45(40,41)24(15-30)13-19-2-3-21-14-22(5-4-20(21)12-19)31-6-7-35-8-10-43-11-9-35/h2-5,12-14,17,25-29,31-32,37-39H,6-11,16,18H2,1H3/b24-13+/t25-,26-,27+,28-,29+/m1/s1. The molecule has 16 heteroatoms. The first-order valence-corrected chi connectivity index (χ1v) is 16.0. The molecule has 0 aliphatic carbocycles. The van der Waals surface area contributed by atoms with Gasteiger partial charge in [0.1, 0.15) is 30.5 Å². The van der Waals surface area contributed by atoms with Crippen molar-refractivity contribution in [2.24, 2.45) is 0 Å². The number of sulfonamides is 1. The van der Waals surface area contributed by atoms with Crippen LogP contribution in [-0.2, 0) is 37.3 Å². The summed E-state index contributed by atoms with van der Waals surface area (Å²) in [5.74, 6) is 0. The molecule has 3 aromatic rings. The Morgan fingerprint density at radius 1 is 1.13 bits per heavy atom. The number of morpholine rings is 1. The van der Waals surface area contributed by atoms with E-state index in [0.717, 1.165) is 55.9 Å². The molecule has 3 heterocycles. The quantitative estimate of drug-likeness (QED) is 0.160. The molecule has 2 fully saturated rings. The molecule has 1 aromatic heterocycles. The lowest BCUT2D eigenvalue weighted by Crippen LogP contribution is -2.58. The highest BCUT2D eigenvalue weighted by atomic mass is 32.2. The highest BCUT2D eigenvalue weighted by molar-refractivity contribution is 7.93. The lowest BCUT2D eigenvalue weighted by Gasteiger charge is -2.39. The Labute approximate surface area is 260 Å². The summed E-state index contributed by atoms with van der Waals surface area (Å²) in [6.07, 6.45) is -3.72. The number of rotatable bonds is 12. The van der Waals surface area contributed by atoms with Crippen LogP contribution in [0.5, 0.6) is 0 Å². The highest BCUT2D eigenvalue weighted by Gasteiger charge is 2.44. The van der Waals surface area contributed by atoms with Crippen molar-refractivity contribution in [2.75, 3.05) is 51.8 Å². The topological polar surface area (TPSA) is 204 Å². The molecule has 15 nitrogen and oxygen atoms in total. The number of nitrogens with zero attached hydrogens (tertiary/aromatic N) is 5. The Hall–Kier alpha value is -3.50. The van der Waals surface area contributed by atoms with Gasteiger partial charge in [0.05, 0.1) is 32.0 Å². The molecule has 0 bridgehead atoms. The number of aliphatic hydroxyl groups is 3. The maximum absolute atomic E-state index is 13.0. The van der Waals surface area contributed by atoms with Crippen LogP contribution in [0.15, 0.2) is 47.5 Å². The van der Waals surface area contributed by atoms with Crippen LogP contribution in [0, 0.1) is 11.3 Å². The second-order valence-electron chi connectivity index (χ2n) is 10.8. The Morgan fingerprint density at radius 2 is 1.89 bits per heavy atom. The number of anilines is 1. The third-order valence-electron chi connectivity index (χ3n) is 7.72. The van der Waals surface area contributed by atoms with Gasteiger partial charge in [-0.3, -0.25) is 4.90 Å². The van der Waals surface area contributed by atoms with E-state index in [9.17, 15) is 29.0 Å². The first kappa shape index (κ1) is 32.9. The van der Waals surface area contributed by atoms with E-state index in [1.54, 1.807) is 12.1 Å². The summed E-state index contributed by atoms with van der Waals surface area (Å²) < 4.78 is 45.5. The van der Waals surface area contributed by atoms with Gasteiger partial charge in [0, 0.05) is 45.2 Å². The molecule has 2 aliphatic heterocycles. The minimum atomic E-state index is -4.19. The fraction of sp³-hybridized carbons (Fsp3) is 0.483. The molecule has 5 atom stereocenters. The van der Waals surface area contributed by atoms with Crippen LogP contribution >= 0.6 is 0 Å². The van der Waals surface area contributed by atoms with E-state index in [0.29, 0.717) is 5.56 Å². The molecule has 2 aliphatic rings. The monoisotopic (exact) mass is 643 g/mol. The second kappa shape index (κ2) is 14.7. The zero-order valence-corrected chi connectivity index (χ0v) is 25.5. The fourth-order valence-electron chi connectivity index (χ4n) is 5.17. The van der Waals surface area contributed by atoms with E-state index in [4.69, 9.17) is 14.2 Å². The lowest BCUT2D eigenvalue weighted by molar-refractivity contribution is -0.292. The Morgan fingerprint density at radius 3 is 2.64 bits per heavy atom. The van der Waals surface area contributed by atoms with Gasteiger partial charge in [0.2, 0.25) is 0 Å². The summed E-state index contributed by atoms with van der Waals surface area (Å²) in [6, 6.07) is 13.2. The minimum Gasteiger partial charge on any atom is -0.388 e. The third kappa shape index (κ3) is 8.21. The number of nitrogens with one attached hydrogen (secondary N) is 2. The Bertz CT molecular complexity index is 1630. The highest BCUT2D eigenvalue weighted by Crippen LogP contribution is 2.24. The van der Waals surface area contributed by atoms with Gasteiger partial charge in [-0.15, -0.1) is 5.10 Å². The summed E-state index contributed by atoms with van der Waals surface area (Å²) in [5.41, 5.74) is 1.78. The maximum Gasteiger partial charge on any atom is 0.251 e. The van der Waals surface area contributed by atoms with Gasteiger partial charge in [-0.2, -0.15) is 5.26 Å². The minimum absolute atomic E-state index is 0.0537. The maximum atomic E-state index is 13.0. The van der Waals surface area contributed by atoms with Crippen molar-refractivity contribution < 1.29 is 37.9 Å². The fourth-order valence-corrected chi connectivity index (χ4v) is 6.08. The predicted molar refractivity (Wildman–Crippen MR) is 163 cm³/mol. The molecule has 0 unspecified atom stereocenters. The number of ether oxygens (including phenoxy) is 3. The van der Waals surface area contributed by atoms with Gasteiger partial charge in [-0.1, -0.05) is 23.4 Å². The molecule has 0 saturated carbocycles. The number of allylic oxidation sites excluding steroid dienone is 1. The van der Waals surface area contributed by atoms with E-state index in [1.165, 1.54) is 24.1 Å². The predicted octanol–water partition coefficient (Wildman–Crippen LogP) is -0.387. The van der Waals surface area contributed by atoms with Gasteiger partial charge in [-0.25, -0.2) is 17.8 Å². The molecule has 5 rings (SSSR count). The van der Waals surface area contributed by atoms with Crippen LogP contribution in [-0.4, -0.2) is 121 Å². The molecular formula is C29H37N7O8S. The van der Waals surface area contributed by atoms with Gasteiger partial charge < -0.3 is 34.8 Å². The molecule has 2 saturated heterocycles. The Kier molecular flexibility index (Phi) is 10.8. The van der Waals surface area contributed by atoms with Crippen molar-refractivity contribution in [1.82, 2.24) is 24.6 Å². The summed E-state index contributed by atoms with van der Waals surface area (Å²) >= 11 is 0. The van der Waals surface area contributed by atoms with Crippen molar-refractivity contribution >= 4 is 32.6 Å². The molecule has 5 N–H and O–H groups in total. The number of nitriles is 1. The first-order valence-electron chi connectivity index (χ1n) is 14.5. The van der Waals surface area contributed by atoms with Crippen LogP contribution in [0.4, 0.5) is 5.69 Å². The van der Waals surface area contributed by atoms with Gasteiger partial charge in [-0.05, 0) is 40.6 Å². The SMILES string of the molecule is CO[C@H]1O[C@H](Cn2cc(CNS(=O)(=O)/C(C#N)=C/c3ccc4cc(NCCN5CCOCC5)ccc4c3)nn2)[C@@H](O)[C@H](O)[C@H]1O. The average molecular weight is 644 g/mol. The smallest absolute Gasteiger partial charge is 0.251 e. The van der Waals surface area contributed by atoms with Crippen molar-refractivity contribution in [3.05, 3.63) is 58.8 Å². The van der Waals surface area contributed by atoms with Gasteiger partial charge in [0.25, 0.3) is 10.0 Å². The molecule has 0 amide bonds. The van der Waals surface area contributed by atoms with Crippen LogP contribution in [0.25, 0.3) is 16.8 Å². The van der Waals surface area contributed by atoms with Crippen LogP contribution in [0.1, 0.15) is 11.3 Å². The van der Waals surface area contributed by atoms with Crippen molar-refractivity contribution in [3.63, 3.8) is 0 Å². The number of aromatic nitrogens is 3. The number of benzene rings is 2. The molecule has 0 spiro atoms. The number of hydrogen-bond acceptors (Lipinski definition) is 13. The summed E-state index contributed by atoms with van der Waals surface area (Å²) in [7, 11) is -2.90. The van der Waals surface area contributed by atoms with E-state index in [-0.39, 0.29) is 18.8 Å². The average Bonchev–Trinajstić information content (AvgIpc) is 3.50. The van der Waals surface area contributed by atoms with E-state index < -0.39 is 45.6 Å². The molecular weight excluding hydrogens is 606 g/mol. The lowest BCUT2D eigenvalue weighted by atomic mass is 9.99.